The largest absolute Gasteiger partial charge is 0.444 e. The quantitative estimate of drug-likeness (QED) is 0.739. The van der Waals surface area contributed by atoms with Crippen LogP contribution in [0.3, 0.4) is 0 Å². The first-order chi connectivity index (χ1) is 10.5. The summed E-state index contributed by atoms with van der Waals surface area (Å²) in [4.78, 5) is 28.4. The lowest BCUT2D eigenvalue weighted by Gasteiger charge is -2.29. The second-order valence-corrected chi connectivity index (χ2v) is 8.88. The van der Waals surface area contributed by atoms with Crippen molar-refractivity contribution in [1.82, 2.24) is 9.80 Å². The Bertz CT molecular complexity index is 471. The Labute approximate surface area is 144 Å². The van der Waals surface area contributed by atoms with E-state index < -0.39 is 5.60 Å². The first-order valence-electron chi connectivity index (χ1n) is 8.31. The molecule has 132 valence electrons. The average molecular weight is 345 g/mol. The van der Waals surface area contributed by atoms with Crippen LogP contribution in [0.15, 0.2) is 0 Å². The molecule has 2 heterocycles. The fourth-order valence-electron chi connectivity index (χ4n) is 3.67. The number of hydrogen-bond donors (Lipinski definition) is 0. The maximum atomic E-state index is 12.3. The molecule has 0 aliphatic carbocycles. The minimum atomic E-state index is -0.486. The molecule has 2 rings (SSSR count). The van der Waals surface area contributed by atoms with Crippen LogP contribution in [0, 0.1) is 10.8 Å². The number of likely N-dealkylation sites (tertiary alicyclic amines) is 2. The Morgan fingerprint density at radius 3 is 1.96 bits per heavy atom. The standard InChI is InChI=1S/C17H29ClN2O3/c1-15(2,3)23-14(22)20-11-16(4)9-19(10-17(16,5)12-20)13(21)7-6-8-18/h6-12H2,1-5H3/t16-,17-/m0/s1. The molecule has 2 fully saturated rings. The monoisotopic (exact) mass is 344 g/mol. The van der Waals surface area contributed by atoms with E-state index in [0.29, 0.717) is 44.9 Å². The summed E-state index contributed by atoms with van der Waals surface area (Å²) in [7, 11) is 0. The zero-order valence-electron chi connectivity index (χ0n) is 14.9. The summed E-state index contributed by atoms with van der Waals surface area (Å²) in [6, 6.07) is 0. The minimum absolute atomic E-state index is 0.0828. The number of hydrogen-bond acceptors (Lipinski definition) is 3. The molecule has 0 radical (unpaired) electrons. The Morgan fingerprint density at radius 2 is 1.52 bits per heavy atom. The third-order valence-corrected chi connectivity index (χ3v) is 5.41. The number of halogens is 1. The van der Waals surface area contributed by atoms with Crippen molar-refractivity contribution in [3.05, 3.63) is 0 Å². The third-order valence-electron chi connectivity index (χ3n) is 5.15. The van der Waals surface area contributed by atoms with Gasteiger partial charge >= 0.3 is 6.09 Å². The highest BCUT2D eigenvalue weighted by Crippen LogP contribution is 2.51. The summed E-state index contributed by atoms with van der Waals surface area (Å²) in [5, 5.41) is 0. The number of carbonyl (C=O) groups excluding carboxylic acids is 2. The van der Waals surface area contributed by atoms with E-state index in [4.69, 9.17) is 16.3 Å². The molecule has 0 spiro atoms. The van der Waals surface area contributed by atoms with Gasteiger partial charge in [-0.2, -0.15) is 0 Å². The van der Waals surface area contributed by atoms with Crippen molar-refractivity contribution in [2.75, 3.05) is 32.1 Å². The van der Waals surface area contributed by atoms with Gasteiger partial charge < -0.3 is 14.5 Å². The molecule has 0 unspecified atom stereocenters. The Balaban J connectivity index is 2.02. The summed E-state index contributed by atoms with van der Waals surface area (Å²) in [5.74, 6) is 0.687. The summed E-state index contributed by atoms with van der Waals surface area (Å²) in [5.41, 5.74) is -0.652. The van der Waals surface area contributed by atoms with Gasteiger partial charge in [0.1, 0.15) is 5.60 Å². The molecule has 0 aromatic carbocycles. The van der Waals surface area contributed by atoms with Crippen LogP contribution in [0.25, 0.3) is 0 Å². The zero-order chi connectivity index (χ0) is 17.5. The van der Waals surface area contributed by atoms with Crippen LogP contribution in [0.5, 0.6) is 0 Å². The average Bonchev–Trinajstić information content (AvgIpc) is 2.79. The first kappa shape index (κ1) is 18.4. The van der Waals surface area contributed by atoms with Crippen molar-refractivity contribution in [2.45, 2.75) is 53.1 Å². The van der Waals surface area contributed by atoms with Gasteiger partial charge in [0.2, 0.25) is 5.91 Å². The number of ether oxygens (including phenoxy) is 1. The maximum Gasteiger partial charge on any atom is 0.410 e. The number of nitrogens with zero attached hydrogens (tertiary/aromatic N) is 2. The smallest absolute Gasteiger partial charge is 0.410 e. The molecule has 0 aromatic rings. The molecule has 2 atom stereocenters. The lowest BCUT2D eigenvalue weighted by Crippen LogP contribution is -2.40. The third kappa shape index (κ3) is 3.76. The molecule has 0 N–H and O–H groups in total. The van der Waals surface area contributed by atoms with Gasteiger partial charge in [0.25, 0.3) is 0 Å². The SMILES string of the molecule is CC(C)(C)OC(=O)N1C[C@]2(C)CN(C(=O)CCCCl)C[C@@]2(C)C1. The number of rotatable bonds is 3. The Hall–Kier alpha value is -0.970. The lowest BCUT2D eigenvalue weighted by molar-refractivity contribution is -0.130. The van der Waals surface area contributed by atoms with Crippen LogP contribution < -0.4 is 0 Å². The van der Waals surface area contributed by atoms with E-state index in [9.17, 15) is 9.59 Å². The fourth-order valence-corrected chi connectivity index (χ4v) is 3.80. The van der Waals surface area contributed by atoms with E-state index in [1.165, 1.54) is 0 Å². The van der Waals surface area contributed by atoms with Gasteiger partial charge in [-0.3, -0.25) is 4.79 Å². The second-order valence-electron chi connectivity index (χ2n) is 8.50. The van der Waals surface area contributed by atoms with Crippen molar-refractivity contribution in [3.8, 4) is 0 Å². The van der Waals surface area contributed by atoms with Crippen LogP contribution in [0.4, 0.5) is 4.79 Å². The van der Waals surface area contributed by atoms with Crippen LogP contribution in [0.2, 0.25) is 0 Å². The predicted octanol–water partition coefficient (Wildman–Crippen LogP) is 3.11. The van der Waals surface area contributed by atoms with E-state index in [1.54, 1.807) is 4.90 Å². The molecule has 2 amide bonds. The Kier molecular flexibility index (Phi) is 4.91. The number of alkyl halides is 1. The molecule has 2 saturated heterocycles. The van der Waals surface area contributed by atoms with Gasteiger partial charge in [-0.25, -0.2) is 4.79 Å². The Morgan fingerprint density at radius 1 is 1.04 bits per heavy atom. The van der Waals surface area contributed by atoms with Gasteiger partial charge in [-0.05, 0) is 27.2 Å². The van der Waals surface area contributed by atoms with Crippen LogP contribution in [-0.4, -0.2) is 59.5 Å². The van der Waals surface area contributed by atoms with Crippen molar-refractivity contribution in [2.24, 2.45) is 10.8 Å². The number of carbonyl (C=O) groups is 2. The zero-order valence-corrected chi connectivity index (χ0v) is 15.7. The molecule has 0 saturated carbocycles. The first-order valence-corrected chi connectivity index (χ1v) is 8.85. The number of amides is 2. The molecule has 23 heavy (non-hydrogen) atoms. The fraction of sp³-hybridized carbons (Fsp3) is 0.882. The van der Waals surface area contributed by atoms with Crippen LogP contribution >= 0.6 is 11.6 Å². The van der Waals surface area contributed by atoms with Crippen molar-refractivity contribution in [1.29, 1.82) is 0 Å². The van der Waals surface area contributed by atoms with Gasteiger partial charge in [0.05, 0.1) is 0 Å². The van der Waals surface area contributed by atoms with Crippen LogP contribution in [0.1, 0.15) is 47.5 Å². The van der Waals surface area contributed by atoms with E-state index in [1.807, 2.05) is 25.7 Å². The predicted molar refractivity (Wildman–Crippen MR) is 90.6 cm³/mol. The van der Waals surface area contributed by atoms with Gasteiger partial charge in [0, 0.05) is 49.3 Å². The van der Waals surface area contributed by atoms with E-state index in [2.05, 4.69) is 13.8 Å². The molecule has 0 aromatic heterocycles. The molecule has 5 nitrogen and oxygen atoms in total. The van der Waals surface area contributed by atoms with Gasteiger partial charge in [-0.1, -0.05) is 13.8 Å². The van der Waals surface area contributed by atoms with E-state index in [0.717, 1.165) is 0 Å². The van der Waals surface area contributed by atoms with Crippen molar-refractivity contribution in [3.63, 3.8) is 0 Å². The van der Waals surface area contributed by atoms with Crippen molar-refractivity contribution >= 4 is 23.6 Å². The van der Waals surface area contributed by atoms with Crippen LogP contribution in [-0.2, 0) is 9.53 Å². The maximum absolute atomic E-state index is 12.3. The summed E-state index contributed by atoms with van der Waals surface area (Å²) in [6.07, 6.45) is 0.967. The summed E-state index contributed by atoms with van der Waals surface area (Å²) >= 11 is 5.68. The molecule has 6 heteroatoms. The number of fused-ring (bicyclic) bond motifs is 1. The van der Waals surface area contributed by atoms with Gasteiger partial charge in [-0.15, -0.1) is 11.6 Å². The molecular formula is C17H29ClN2O3. The summed E-state index contributed by atoms with van der Waals surface area (Å²) in [6.45, 7) is 12.6. The molecule has 2 aliphatic heterocycles. The minimum Gasteiger partial charge on any atom is -0.444 e. The highest BCUT2D eigenvalue weighted by Gasteiger charge is 2.59. The molecular weight excluding hydrogens is 316 g/mol. The van der Waals surface area contributed by atoms with Crippen molar-refractivity contribution < 1.29 is 14.3 Å². The lowest BCUT2D eigenvalue weighted by atomic mass is 9.71. The summed E-state index contributed by atoms with van der Waals surface area (Å²) < 4.78 is 5.50. The highest BCUT2D eigenvalue weighted by atomic mass is 35.5. The molecule has 2 aliphatic rings. The normalized spacial score (nSPS) is 30.5. The second kappa shape index (κ2) is 6.15. The van der Waals surface area contributed by atoms with E-state index >= 15 is 0 Å². The topological polar surface area (TPSA) is 49.9 Å². The van der Waals surface area contributed by atoms with E-state index in [-0.39, 0.29) is 22.8 Å². The highest BCUT2D eigenvalue weighted by molar-refractivity contribution is 6.17. The van der Waals surface area contributed by atoms with Gasteiger partial charge in [0.15, 0.2) is 0 Å². The molecule has 0 bridgehead atoms.